The van der Waals surface area contributed by atoms with Crippen molar-refractivity contribution in [2.45, 2.75) is 19.0 Å². The maximum Gasteiger partial charge on any atom is 0.418 e. The second-order valence-electron chi connectivity index (χ2n) is 7.89. The molecule has 35 heavy (non-hydrogen) atoms. The van der Waals surface area contributed by atoms with Crippen LogP contribution < -0.4 is 15.4 Å². The van der Waals surface area contributed by atoms with E-state index in [4.69, 9.17) is 4.74 Å². The van der Waals surface area contributed by atoms with Crippen molar-refractivity contribution in [1.82, 2.24) is 20.3 Å². The first-order valence-electron chi connectivity index (χ1n) is 10.7. The fraction of sp³-hybridized carbons (Fsp3) is 0.304. The lowest BCUT2D eigenvalue weighted by molar-refractivity contribution is -0.137. The number of hydrogen-bond donors (Lipinski definition) is 2. The van der Waals surface area contributed by atoms with Crippen LogP contribution in [-0.2, 0) is 6.18 Å². The molecule has 1 aromatic carbocycles. The molecule has 0 spiro atoms. The number of carbonyl (C=O) groups excluding carboxylic acids is 1. The summed E-state index contributed by atoms with van der Waals surface area (Å²) in [7, 11) is 0. The molecule has 12 heteroatoms. The van der Waals surface area contributed by atoms with Gasteiger partial charge in [-0.25, -0.2) is 18.7 Å². The SMILES string of the molecule is O=C(Nc1cncnc1OCC1CCNCC1)c1ccc(C(F)(F)F)c(-c2c(F)cccc2F)n1. The van der Waals surface area contributed by atoms with Crippen molar-refractivity contribution in [1.29, 1.82) is 0 Å². The van der Waals surface area contributed by atoms with Crippen molar-refractivity contribution >= 4 is 11.6 Å². The van der Waals surface area contributed by atoms with Gasteiger partial charge < -0.3 is 15.4 Å². The molecular formula is C23H20F5N5O2. The number of anilines is 1. The molecule has 4 rings (SSSR count). The van der Waals surface area contributed by atoms with Gasteiger partial charge in [-0.3, -0.25) is 4.79 Å². The number of rotatable bonds is 6. The predicted octanol–water partition coefficient (Wildman–Crippen LogP) is 4.47. The van der Waals surface area contributed by atoms with Gasteiger partial charge in [0.25, 0.3) is 5.91 Å². The standard InChI is InChI=1S/C23H20F5N5O2/c24-15-2-1-3-16(25)19(15)20-14(23(26,27)28)4-5-17(32-20)21(34)33-18-10-30-12-31-22(18)35-11-13-6-8-29-9-7-13/h1-5,10,12-13,29H,6-9,11H2,(H,33,34). The van der Waals surface area contributed by atoms with E-state index in [9.17, 15) is 26.7 Å². The van der Waals surface area contributed by atoms with E-state index in [0.29, 0.717) is 18.6 Å². The highest BCUT2D eigenvalue weighted by Gasteiger charge is 2.36. The van der Waals surface area contributed by atoms with Crippen molar-refractivity contribution in [2.24, 2.45) is 5.92 Å². The summed E-state index contributed by atoms with van der Waals surface area (Å²) in [5, 5.41) is 5.69. The van der Waals surface area contributed by atoms with Crippen LogP contribution in [0, 0.1) is 17.6 Å². The van der Waals surface area contributed by atoms with Crippen LogP contribution in [0.1, 0.15) is 28.9 Å². The maximum absolute atomic E-state index is 14.3. The zero-order valence-corrected chi connectivity index (χ0v) is 18.2. The van der Waals surface area contributed by atoms with E-state index in [1.807, 2.05) is 0 Å². The highest BCUT2D eigenvalue weighted by molar-refractivity contribution is 6.03. The number of pyridine rings is 1. The van der Waals surface area contributed by atoms with Crippen LogP contribution >= 0.6 is 0 Å². The van der Waals surface area contributed by atoms with Gasteiger partial charge in [0.1, 0.15) is 29.3 Å². The monoisotopic (exact) mass is 493 g/mol. The largest absolute Gasteiger partial charge is 0.476 e. The summed E-state index contributed by atoms with van der Waals surface area (Å²) in [5.74, 6) is -3.04. The fourth-order valence-corrected chi connectivity index (χ4v) is 3.68. The minimum absolute atomic E-state index is 0.0757. The summed E-state index contributed by atoms with van der Waals surface area (Å²) in [6, 6.07) is 4.00. The summed E-state index contributed by atoms with van der Waals surface area (Å²) in [4.78, 5) is 24.4. The fourth-order valence-electron chi connectivity index (χ4n) is 3.68. The lowest BCUT2D eigenvalue weighted by Crippen LogP contribution is -2.30. The molecule has 0 radical (unpaired) electrons. The molecule has 184 valence electrons. The van der Waals surface area contributed by atoms with Crippen LogP contribution in [0.3, 0.4) is 0 Å². The smallest absolute Gasteiger partial charge is 0.418 e. The van der Waals surface area contributed by atoms with Crippen LogP contribution in [0.2, 0.25) is 0 Å². The van der Waals surface area contributed by atoms with Crippen molar-refractivity contribution in [2.75, 3.05) is 25.0 Å². The lowest BCUT2D eigenvalue weighted by Gasteiger charge is -2.22. The van der Waals surface area contributed by atoms with E-state index in [1.165, 1.54) is 12.5 Å². The highest BCUT2D eigenvalue weighted by atomic mass is 19.4. The Labute approximate surface area is 196 Å². The summed E-state index contributed by atoms with van der Waals surface area (Å²) < 4.78 is 75.0. The second-order valence-corrected chi connectivity index (χ2v) is 7.89. The molecule has 1 fully saturated rings. The second kappa shape index (κ2) is 10.3. The van der Waals surface area contributed by atoms with Crippen LogP contribution in [-0.4, -0.2) is 40.6 Å². The van der Waals surface area contributed by atoms with Gasteiger partial charge in [0.2, 0.25) is 5.88 Å². The number of amides is 1. The molecule has 1 amide bonds. The van der Waals surface area contributed by atoms with E-state index in [1.54, 1.807) is 0 Å². The van der Waals surface area contributed by atoms with Crippen LogP contribution in [0.5, 0.6) is 5.88 Å². The Morgan fingerprint density at radius 3 is 2.51 bits per heavy atom. The Hall–Kier alpha value is -3.67. The Balaban J connectivity index is 1.61. The quantitative estimate of drug-likeness (QED) is 0.493. The average molecular weight is 493 g/mol. The van der Waals surface area contributed by atoms with Gasteiger partial charge in [-0.2, -0.15) is 18.2 Å². The van der Waals surface area contributed by atoms with Gasteiger partial charge in [-0.15, -0.1) is 0 Å². The minimum Gasteiger partial charge on any atom is -0.476 e. The van der Waals surface area contributed by atoms with Crippen molar-refractivity contribution < 1.29 is 31.5 Å². The van der Waals surface area contributed by atoms with Crippen molar-refractivity contribution in [3.05, 3.63) is 65.7 Å². The van der Waals surface area contributed by atoms with Crippen LogP contribution in [0.25, 0.3) is 11.3 Å². The summed E-state index contributed by atoms with van der Waals surface area (Å²) in [5.41, 5.74) is -3.82. The van der Waals surface area contributed by atoms with E-state index in [0.717, 1.165) is 50.2 Å². The van der Waals surface area contributed by atoms with Crippen molar-refractivity contribution in [3.8, 4) is 17.1 Å². The number of aromatic nitrogens is 3. The van der Waals surface area contributed by atoms with Crippen molar-refractivity contribution in [3.63, 3.8) is 0 Å². The Morgan fingerprint density at radius 1 is 1.11 bits per heavy atom. The van der Waals surface area contributed by atoms with Gasteiger partial charge in [0.15, 0.2) is 0 Å². The molecule has 1 aliphatic heterocycles. The Kier molecular flexibility index (Phi) is 7.20. The van der Waals surface area contributed by atoms with E-state index in [-0.39, 0.29) is 11.6 Å². The number of nitrogens with one attached hydrogen (secondary N) is 2. The molecule has 1 saturated heterocycles. The van der Waals surface area contributed by atoms with E-state index in [2.05, 4.69) is 25.6 Å². The molecule has 2 aromatic heterocycles. The topological polar surface area (TPSA) is 89.0 Å². The molecule has 2 N–H and O–H groups in total. The van der Waals surface area contributed by atoms with Crippen LogP contribution in [0.15, 0.2) is 42.9 Å². The lowest BCUT2D eigenvalue weighted by atomic mass is 9.99. The van der Waals surface area contributed by atoms with Gasteiger partial charge in [0.05, 0.1) is 29.6 Å². The number of carbonyl (C=O) groups is 1. The van der Waals surface area contributed by atoms with Gasteiger partial charge in [-0.1, -0.05) is 6.07 Å². The van der Waals surface area contributed by atoms with Gasteiger partial charge >= 0.3 is 6.18 Å². The zero-order chi connectivity index (χ0) is 25.0. The number of hydrogen-bond acceptors (Lipinski definition) is 6. The van der Waals surface area contributed by atoms with Gasteiger partial charge in [-0.05, 0) is 56.1 Å². The number of nitrogens with zero attached hydrogens (tertiary/aromatic N) is 3. The molecule has 0 atom stereocenters. The molecule has 0 aliphatic carbocycles. The number of alkyl halides is 3. The third-order valence-corrected chi connectivity index (χ3v) is 5.47. The summed E-state index contributed by atoms with van der Waals surface area (Å²) in [6.07, 6.45) is -0.642. The number of benzene rings is 1. The molecular weight excluding hydrogens is 473 g/mol. The predicted molar refractivity (Wildman–Crippen MR) is 116 cm³/mol. The summed E-state index contributed by atoms with van der Waals surface area (Å²) in [6.45, 7) is 2.09. The molecule has 0 unspecified atom stereocenters. The molecule has 1 aliphatic rings. The first-order chi connectivity index (χ1) is 16.7. The van der Waals surface area contributed by atoms with Gasteiger partial charge in [0, 0.05) is 0 Å². The molecule has 7 nitrogen and oxygen atoms in total. The third-order valence-electron chi connectivity index (χ3n) is 5.47. The van der Waals surface area contributed by atoms with E-state index < -0.39 is 46.2 Å². The Bertz CT molecular complexity index is 1190. The number of halogens is 5. The average Bonchev–Trinajstić information content (AvgIpc) is 2.83. The third kappa shape index (κ3) is 5.70. The minimum atomic E-state index is -4.96. The molecule has 0 saturated carbocycles. The van der Waals surface area contributed by atoms with E-state index >= 15 is 0 Å². The zero-order valence-electron chi connectivity index (χ0n) is 18.2. The highest BCUT2D eigenvalue weighted by Crippen LogP contribution is 2.38. The number of ether oxygens (including phenoxy) is 1. The molecule has 3 heterocycles. The first-order valence-corrected chi connectivity index (χ1v) is 10.7. The number of piperidine rings is 1. The molecule has 0 bridgehead atoms. The Morgan fingerprint density at radius 2 is 1.83 bits per heavy atom. The first kappa shape index (κ1) is 24.5. The summed E-state index contributed by atoms with van der Waals surface area (Å²) >= 11 is 0. The maximum atomic E-state index is 14.3. The normalized spacial score (nSPS) is 14.5. The molecule has 3 aromatic rings. The van der Waals surface area contributed by atoms with Crippen LogP contribution in [0.4, 0.5) is 27.6 Å².